The molecule has 1 N–H and O–H groups in total. The van der Waals surface area contributed by atoms with E-state index in [2.05, 4.69) is 4.72 Å². The van der Waals surface area contributed by atoms with Crippen molar-refractivity contribution in [2.75, 3.05) is 24.2 Å². The van der Waals surface area contributed by atoms with Crippen LogP contribution in [-0.4, -0.2) is 34.0 Å². The molecular weight excluding hydrogens is 330 g/mol. The molecule has 1 heterocycles. The second-order valence-corrected chi connectivity index (χ2v) is 7.32. The van der Waals surface area contributed by atoms with Crippen molar-refractivity contribution in [3.05, 3.63) is 54.1 Å². The molecule has 1 aliphatic heterocycles. The lowest BCUT2D eigenvalue weighted by atomic mass is 10.2. The van der Waals surface area contributed by atoms with Gasteiger partial charge in [-0.15, -0.1) is 0 Å². The number of sulfonamides is 1. The summed E-state index contributed by atoms with van der Waals surface area (Å²) in [6, 6.07) is 14.7. The highest BCUT2D eigenvalue weighted by molar-refractivity contribution is 7.92. The van der Waals surface area contributed by atoms with Crippen LogP contribution in [0.1, 0.15) is 5.56 Å². The van der Waals surface area contributed by atoms with Gasteiger partial charge in [-0.1, -0.05) is 30.3 Å². The topological polar surface area (TPSA) is 77.2 Å². The van der Waals surface area contributed by atoms with E-state index in [9.17, 15) is 8.42 Å². The molecule has 0 aromatic heterocycles. The van der Waals surface area contributed by atoms with Crippen molar-refractivity contribution < 1.29 is 22.6 Å². The Hall–Kier alpha value is -2.25. The van der Waals surface area contributed by atoms with Crippen LogP contribution in [0.5, 0.6) is 11.5 Å². The summed E-state index contributed by atoms with van der Waals surface area (Å²) in [5, 5.41) is 0. The Bertz CT molecular complexity index is 788. The first-order valence-electron chi connectivity index (χ1n) is 7.52. The number of benzene rings is 2. The first-order chi connectivity index (χ1) is 11.5. The summed E-state index contributed by atoms with van der Waals surface area (Å²) in [5.41, 5.74) is 1.34. The summed E-state index contributed by atoms with van der Waals surface area (Å²) in [7, 11) is -3.43. The molecule has 128 valence electrons. The predicted octanol–water partition coefficient (Wildman–Crippen LogP) is 2.41. The van der Waals surface area contributed by atoms with Gasteiger partial charge in [-0.05, 0) is 17.7 Å². The predicted molar refractivity (Wildman–Crippen MR) is 90.9 cm³/mol. The van der Waals surface area contributed by atoms with E-state index in [0.717, 1.165) is 11.8 Å². The fourth-order valence-electron chi connectivity index (χ4n) is 2.09. The summed E-state index contributed by atoms with van der Waals surface area (Å²) < 4.78 is 42.1. The Kier molecular flexibility index (Phi) is 4.92. The van der Waals surface area contributed by atoms with Crippen molar-refractivity contribution in [2.24, 2.45) is 0 Å². The van der Waals surface area contributed by atoms with Crippen LogP contribution in [0.3, 0.4) is 0 Å². The molecular formula is C17H19NO5S. The highest BCUT2D eigenvalue weighted by atomic mass is 32.2. The van der Waals surface area contributed by atoms with Gasteiger partial charge in [-0.25, -0.2) is 8.42 Å². The van der Waals surface area contributed by atoms with Gasteiger partial charge in [-0.2, -0.15) is 0 Å². The summed E-state index contributed by atoms with van der Waals surface area (Å²) in [5.74, 6) is 1.00. The van der Waals surface area contributed by atoms with E-state index < -0.39 is 10.0 Å². The zero-order valence-corrected chi connectivity index (χ0v) is 14.1. The standard InChI is InChI=1S/C17H19NO5S/c1-24(19,20)18-16-9-14(21-11-15-12-22-15)7-8-17(16)23-10-13-5-3-2-4-6-13/h2-9,15,18H,10-12H2,1H3. The van der Waals surface area contributed by atoms with Gasteiger partial charge in [0.1, 0.15) is 30.8 Å². The Morgan fingerprint density at radius 2 is 1.92 bits per heavy atom. The molecule has 0 aliphatic carbocycles. The van der Waals surface area contributed by atoms with E-state index in [1.807, 2.05) is 30.3 Å². The van der Waals surface area contributed by atoms with Crippen LogP contribution >= 0.6 is 0 Å². The van der Waals surface area contributed by atoms with Crippen LogP contribution in [0.4, 0.5) is 5.69 Å². The van der Waals surface area contributed by atoms with Gasteiger partial charge in [0, 0.05) is 6.07 Å². The monoisotopic (exact) mass is 349 g/mol. The fourth-order valence-corrected chi connectivity index (χ4v) is 2.65. The molecule has 2 aromatic carbocycles. The molecule has 24 heavy (non-hydrogen) atoms. The average molecular weight is 349 g/mol. The van der Waals surface area contributed by atoms with E-state index in [0.29, 0.717) is 37.0 Å². The molecule has 1 atom stereocenters. The summed E-state index contributed by atoms with van der Waals surface area (Å²) in [4.78, 5) is 0. The number of anilines is 1. The number of hydrogen-bond donors (Lipinski definition) is 1. The third-order valence-corrected chi connectivity index (χ3v) is 3.91. The van der Waals surface area contributed by atoms with Crippen molar-refractivity contribution in [1.29, 1.82) is 0 Å². The summed E-state index contributed by atoms with van der Waals surface area (Å²) >= 11 is 0. The minimum atomic E-state index is -3.43. The lowest BCUT2D eigenvalue weighted by Crippen LogP contribution is -2.11. The van der Waals surface area contributed by atoms with E-state index in [1.54, 1.807) is 18.2 Å². The van der Waals surface area contributed by atoms with Gasteiger partial charge in [0.05, 0.1) is 18.6 Å². The highest BCUT2D eigenvalue weighted by Gasteiger charge is 2.23. The van der Waals surface area contributed by atoms with Crippen molar-refractivity contribution in [3.8, 4) is 11.5 Å². The minimum Gasteiger partial charge on any atom is -0.491 e. The Morgan fingerprint density at radius 3 is 2.58 bits per heavy atom. The molecule has 0 radical (unpaired) electrons. The third-order valence-electron chi connectivity index (χ3n) is 3.32. The largest absolute Gasteiger partial charge is 0.491 e. The molecule has 0 amide bonds. The minimum absolute atomic E-state index is 0.130. The molecule has 2 aromatic rings. The second kappa shape index (κ2) is 7.11. The molecule has 0 saturated carbocycles. The van der Waals surface area contributed by atoms with Crippen LogP contribution < -0.4 is 14.2 Å². The zero-order valence-electron chi connectivity index (χ0n) is 13.3. The Morgan fingerprint density at radius 1 is 1.17 bits per heavy atom. The van der Waals surface area contributed by atoms with Gasteiger partial charge < -0.3 is 14.2 Å². The van der Waals surface area contributed by atoms with Crippen LogP contribution in [-0.2, 0) is 21.4 Å². The Labute approximate surface area is 141 Å². The molecule has 7 heteroatoms. The average Bonchev–Trinajstić information content (AvgIpc) is 3.36. The van der Waals surface area contributed by atoms with Crippen LogP contribution in [0.25, 0.3) is 0 Å². The van der Waals surface area contributed by atoms with Gasteiger partial charge in [0.2, 0.25) is 10.0 Å². The fraction of sp³-hybridized carbons (Fsp3) is 0.294. The first-order valence-corrected chi connectivity index (χ1v) is 9.42. The lowest BCUT2D eigenvalue weighted by Gasteiger charge is -2.14. The third kappa shape index (κ3) is 5.14. The van der Waals surface area contributed by atoms with Crippen LogP contribution in [0.15, 0.2) is 48.5 Å². The molecule has 1 fully saturated rings. The molecule has 0 spiro atoms. The molecule has 1 saturated heterocycles. The maximum Gasteiger partial charge on any atom is 0.229 e. The maximum absolute atomic E-state index is 11.6. The second-order valence-electron chi connectivity index (χ2n) is 5.57. The Balaban J connectivity index is 1.74. The van der Waals surface area contributed by atoms with Crippen LogP contribution in [0.2, 0.25) is 0 Å². The lowest BCUT2D eigenvalue weighted by molar-refractivity contribution is 0.262. The van der Waals surface area contributed by atoms with E-state index in [1.165, 1.54) is 0 Å². The van der Waals surface area contributed by atoms with Crippen LogP contribution in [0, 0.1) is 0 Å². The molecule has 3 rings (SSSR count). The number of epoxide rings is 1. The maximum atomic E-state index is 11.6. The van der Waals surface area contributed by atoms with Crippen molar-refractivity contribution in [3.63, 3.8) is 0 Å². The molecule has 1 unspecified atom stereocenters. The molecule has 0 bridgehead atoms. The van der Waals surface area contributed by atoms with Gasteiger partial charge in [-0.3, -0.25) is 4.72 Å². The van der Waals surface area contributed by atoms with E-state index >= 15 is 0 Å². The zero-order chi connectivity index (χ0) is 17.0. The SMILES string of the molecule is CS(=O)(=O)Nc1cc(OCC2CO2)ccc1OCc1ccccc1. The summed E-state index contributed by atoms with van der Waals surface area (Å²) in [6.45, 7) is 1.49. The quantitative estimate of drug-likeness (QED) is 0.741. The van der Waals surface area contributed by atoms with Crippen molar-refractivity contribution >= 4 is 15.7 Å². The molecule has 6 nitrogen and oxygen atoms in total. The normalized spacial score (nSPS) is 16.5. The number of rotatable bonds is 8. The van der Waals surface area contributed by atoms with Crippen molar-refractivity contribution in [2.45, 2.75) is 12.7 Å². The highest BCUT2D eigenvalue weighted by Crippen LogP contribution is 2.31. The van der Waals surface area contributed by atoms with Gasteiger partial charge in [0.15, 0.2) is 0 Å². The smallest absolute Gasteiger partial charge is 0.229 e. The van der Waals surface area contributed by atoms with E-state index in [4.69, 9.17) is 14.2 Å². The van der Waals surface area contributed by atoms with Gasteiger partial charge >= 0.3 is 0 Å². The summed E-state index contributed by atoms with van der Waals surface area (Å²) in [6.07, 6.45) is 1.23. The molecule has 1 aliphatic rings. The van der Waals surface area contributed by atoms with Gasteiger partial charge in [0.25, 0.3) is 0 Å². The number of nitrogens with one attached hydrogen (secondary N) is 1. The number of hydrogen-bond acceptors (Lipinski definition) is 5. The first kappa shape index (κ1) is 16.6. The van der Waals surface area contributed by atoms with Crippen molar-refractivity contribution in [1.82, 2.24) is 0 Å². The number of ether oxygens (including phenoxy) is 3. The van der Waals surface area contributed by atoms with E-state index in [-0.39, 0.29) is 6.10 Å².